The van der Waals surface area contributed by atoms with Gasteiger partial charge in [-0.3, -0.25) is 9.91 Å². The lowest BCUT2D eigenvalue weighted by Gasteiger charge is -2.47. The number of methoxy groups -OCH3 is 1. The average molecular weight is 386 g/mol. The van der Waals surface area contributed by atoms with Crippen molar-refractivity contribution < 1.29 is 23.0 Å². The maximum atomic E-state index is 13.1. The molecule has 27 heavy (non-hydrogen) atoms. The number of aliphatic hydroxyl groups is 1. The minimum Gasteiger partial charge on any atom is -0.496 e. The summed E-state index contributed by atoms with van der Waals surface area (Å²) in [5.41, 5.74) is 5.24. The van der Waals surface area contributed by atoms with E-state index in [1.807, 2.05) is 27.2 Å². The van der Waals surface area contributed by atoms with E-state index in [-0.39, 0.29) is 17.8 Å². The molecule has 2 aliphatic heterocycles. The van der Waals surface area contributed by atoms with Crippen LogP contribution in [0.15, 0.2) is 30.1 Å². The summed E-state index contributed by atoms with van der Waals surface area (Å²) in [5, 5.41) is 13.2. The summed E-state index contributed by atoms with van der Waals surface area (Å²) in [4.78, 5) is 2.15. The number of likely N-dealkylation sites (tertiary alicyclic amines) is 1. The fourth-order valence-electron chi connectivity index (χ4n) is 3.86. The zero-order valence-electron chi connectivity index (χ0n) is 15.8. The van der Waals surface area contributed by atoms with E-state index in [0.717, 1.165) is 11.8 Å². The van der Waals surface area contributed by atoms with Crippen molar-refractivity contribution >= 4 is 0 Å². The summed E-state index contributed by atoms with van der Waals surface area (Å²) >= 11 is 0. The smallest absolute Gasteiger partial charge is 0.419 e. The lowest BCUT2D eigenvalue weighted by molar-refractivity contribution is -0.138. The second-order valence-electron chi connectivity index (χ2n) is 7.32. The van der Waals surface area contributed by atoms with Crippen LogP contribution in [0.4, 0.5) is 13.2 Å². The number of ether oxygens (including phenoxy) is 1. The van der Waals surface area contributed by atoms with Crippen molar-refractivity contribution in [1.82, 2.24) is 20.9 Å². The summed E-state index contributed by atoms with van der Waals surface area (Å²) in [6, 6.07) is 3.53. The predicted molar refractivity (Wildman–Crippen MR) is 94.3 cm³/mol. The summed E-state index contributed by atoms with van der Waals surface area (Å²) in [6.45, 7) is 1.99. The molecule has 1 aromatic carbocycles. The molecular weight excluding hydrogens is 361 g/mol. The third-order valence-electron chi connectivity index (χ3n) is 5.46. The highest BCUT2D eigenvalue weighted by Gasteiger charge is 2.45. The molecule has 0 spiro atoms. The van der Waals surface area contributed by atoms with Gasteiger partial charge in [-0.25, -0.2) is 0 Å². The Labute approximate surface area is 156 Å². The van der Waals surface area contributed by atoms with Gasteiger partial charge < -0.3 is 15.3 Å². The first-order valence-corrected chi connectivity index (χ1v) is 8.71. The Balaban J connectivity index is 1.96. The van der Waals surface area contributed by atoms with Crippen LogP contribution in [0, 0.1) is 0 Å². The van der Waals surface area contributed by atoms with Crippen molar-refractivity contribution in [2.45, 2.75) is 43.6 Å². The molecule has 3 N–H and O–H groups in total. The van der Waals surface area contributed by atoms with Crippen LogP contribution in [0.1, 0.15) is 30.9 Å². The van der Waals surface area contributed by atoms with Gasteiger partial charge >= 0.3 is 6.18 Å². The largest absolute Gasteiger partial charge is 0.496 e. The van der Waals surface area contributed by atoms with Crippen LogP contribution in [0.25, 0.3) is 0 Å². The molecule has 2 heterocycles. The maximum Gasteiger partial charge on any atom is 0.419 e. The van der Waals surface area contributed by atoms with Gasteiger partial charge in [0, 0.05) is 25.7 Å². The lowest BCUT2D eigenvalue weighted by atomic mass is 9.77. The highest BCUT2D eigenvalue weighted by Crippen LogP contribution is 2.43. The third kappa shape index (κ3) is 3.71. The van der Waals surface area contributed by atoms with Gasteiger partial charge in [-0.05, 0) is 38.1 Å². The molecule has 0 aromatic heterocycles. The summed E-state index contributed by atoms with van der Waals surface area (Å²) < 4.78 is 44.4. The van der Waals surface area contributed by atoms with Gasteiger partial charge in [0.05, 0.1) is 30.0 Å². The van der Waals surface area contributed by atoms with Crippen LogP contribution in [0.5, 0.6) is 5.75 Å². The highest BCUT2D eigenvalue weighted by atomic mass is 19.4. The molecule has 3 atom stereocenters. The minimum atomic E-state index is -4.51. The van der Waals surface area contributed by atoms with Crippen molar-refractivity contribution in [3.05, 3.63) is 41.2 Å². The Kier molecular flexibility index (Phi) is 5.04. The second kappa shape index (κ2) is 6.88. The Morgan fingerprint density at radius 3 is 2.52 bits per heavy atom. The van der Waals surface area contributed by atoms with Gasteiger partial charge in [0.25, 0.3) is 0 Å². The maximum absolute atomic E-state index is 13.1. The second-order valence-corrected chi connectivity index (χ2v) is 7.32. The molecule has 6 nitrogen and oxygen atoms in total. The number of piperidine rings is 1. The summed E-state index contributed by atoms with van der Waals surface area (Å²) in [7, 11) is 5.02. The number of benzene rings is 1. The first-order valence-electron chi connectivity index (χ1n) is 8.71. The highest BCUT2D eigenvalue weighted by molar-refractivity contribution is 5.42. The Bertz CT molecular complexity index is 740. The van der Waals surface area contributed by atoms with Crippen LogP contribution < -0.4 is 15.7 Å². The van der Waals surface area contributed by atoms with Crippen molar-refractivity contribution in [1.29, 1.82) is 0 Å². The Hall–Kier alpha value is -1.97. The molecule has 0 amide bonds. The van der Waals surface area contributed by atoms with Gasteiger partial charge in [0.2, 0.25) is 0 Å². The molecule has 3 rings (SSSR count). The molecule has 1 saturated heterocycles. The molecule has 150 valence electrons. The molecule has 1 aromatic rings. The van der Waals surface area contributed by atoms with Gasteiger partial charge in [0.1, 0.15) is 5.75 Å². The molecule has 0 aliphatic carbocycles. The first kappa shape index (κ1) is 19.8. The van der Waals surface area contributed by atoms with E-state index in [9.17, 15) is 18.3 Å². The third-order valence-corrected chi connectivity index (χ3v) is 5.46. The molecule has 2 aliphatic rings. The van der Waals surface area contributed by atoms with Crippen molar-refractivity contribution in [2.24, 2.45) is 0 Å². The zero-order valence-corrected chi connectivity index (χ0v) is 15.8. The Morgan fingerprint density at radius 1 is 1.26 bits per heavy atom. The van der Waals surface area contributed by atoms with E-state index in [0.29, 0.717) is 18.4 Å². The quantitative estimate of drug-likeness (QED) is 0.740. The number of alkyl halides is 3. The average Bonchev–Trinajstić information content (AvgIpc) is 3.03. The summed E-state index contributed by atoms with van der Waals surface area (Å²) in [6.07, 6.45) is -1.86. The van der Waals surface area contributed by atoms with Gasteiger partial charge in [0.15, 0.2) is 0 Å². The van der Waals surface area contributed by atoms with Gasteiger partial charge in [-0.1, -0.05) is 6.07 Å². The van der Waals surface area contributed by atoms with E-state index >= 15 is 0 Å². The number of hydrazine groups is 2. The van der Waals surface area contributed by atoms with Crippen LogP contribution >= 0.6 is 0 Å². The molecule has 1 fully saturated rings. The molecule has 9 heteroatoms. The number of hydrogen-bond acceptors (Lipinski definition) is 6. The number of halogens is 3. The molecular formula is C18H25F3N4O2. The van der Waals surface area contributed by atoms with Gasteiger partial charge in [-0.15, -0.1) is 5.53 Å². The predicted octanol–water partition coefficient (Wildman–Crippen LogP) is 2.18. The SMILES string of the molecule is COc1cc([C@]2(O)C[C@H](C)N(C)[C@H](C3=CN(C)NN3)C2)ccc1C(F)(F)F. The lowest BCUT2D eigenvalue weighted by Crippen LogP contribution is -2.54. The zero-order chi connectivity index (χ0) is 20.0. The molecule has 0 bridgehead atoms. The summed E-state index contributed by atoms with van der Waals surface area (Å²) in [5.74, 6) is -0.281. The van der Waals surface area contributed by atoms with E-state index in [2.05, 4.69) is 15.9 Å². The van der Waals surface area contributed by atoms with E-state index < -0.39 is 17.3 Å². The van der Waals surface area contributed by atoms with Crippen LogP contribution in [0.3, 0.4) is 0 Å². The first-order chi connectivity index (χ1) is 12.5. The number of nitrogens with zero attached hydrogens (tertiary/aromatic N) is 2. The Morgan fingerprint density at radius 2 is 1.96 bits per heavy atom. The minimum absolute atomic E-state index is 0.0237. The van der Waals surface area contributed by atoms with E-state index in [1.165, 1.54) is 19.2 Å². The fourth-order valence-corrected chi connectivity index (χ4v) is 3.86. The normalized spacial score (nSPS) is 29.5. The monoisotopic (exact) mass is 386 g/mol. The standard InChI is InChI=1S/C18H25F3N4O2/c1-11-8-17(26,9-15(25(11)3)14-10-24(2)23-22-14)12-5-6-13(18(19,20)21)16(7-12)27-4/h5-7,10-11,15,22-23,26H,8-9H2,1-4H3/t11-,15-,17-/m0/s1. The van der Waals surface area contributed by atoms with E-state index in [4.69, 9.17) is 4.74 Å². The number of likely N-dealkylation sites (N-methyl/N-ethyl adjacent to an activating group) is 1. The van der Waals surface area contributed by atoms with Crippen LogP contribution in [-0.4, -0.2) is 48.3 Å². The molecule has 0 saturated carbocycles. The van der Waals surface area contributed by atoms with Gasteiger partial charge in [-0.2, -0.15) is 13.2 Å². The fraction of sp³-hybridized carbons (Fsp3) is 0.556. The van der Waals surface area contributed by atoms with Crippen molar-refractivity contribution in [2.75, 3.05) is 21.2 Å². The number of hydrogen-bond donors (Lipinski definition) is 3. The van der Waals surface area contributed by atoms with Crippen LogP contribution in [0.2, 0.25) is 0 Å². The van der Waals surface area contributed by atoms with Crippen LogP contribution in [-0.2, 0) is 11.8 Å². The van der Waals surface area contributed by atoms with Crippen molar-refractivity contribution in [3.63, 3.8) is 0 Å². The molecule has 0 radical (unpaired) electrons. The number of nitrogens with one attached hydrogen (secondary N) is 2. The molecule has 0 unspecified atom stereocenters. The number of rotatable bonds is 3. The van der Waals surface area contributed by atoms with Crippen molar-refractivity contribution in [3.8, 4) is 5.75 Å². The van der Waals surface area contributed by atoms with E-state index in [1.54, 1.807) is 5.01 Å². The topological polar surface area (TPSA) is 60.0 Å².